The van der Waals surface area contributed by atoms with Gasteiger partial charge in [0.25, 0.3) is 0 Å². The molecule has 1 heterocycles. The van der Waals surface area contributed by atoms with E-state index in [1.165, 1.54) is 11.3 Å². The first-order chi connectivity index (χ1) is 8.63. The fraction of sp³-hybridized carbons (Fsp3) is 0.154. The van der Waals surface area contributed by atoms with Crippen LogP contribution in [-0.2, 0) is 17.8 Å². The molecule has 1 aromatic carbocycles. The van der Waals surface area contributed by atoms with Crippen molar-refractivity contribution in [3.05, 3.63) is 51.2 Å². The molecule has 0 atom stereocenters. The van der Waals surface area contributed by atoms with Gasteiger partial charge in [-0.2, -0.15) is 0 Å². The Balaban J connectivity index is 1.98. The highest BCUT2D eigenvalue weighted by Crippen LogP contribution is 2.23. The second-order valence-corrected chi connectivity index (χ2v) is 5.51. The predicted molar refractivity (Wildman–Crippen MR) is 71.4 cm³/mol. The number of ether oxygens (including phenoxy) is 1. The third-order valence-electron chi connectivity index (χ3n) is 2.26. The van der Waals surface area contributed by atoms with E-state index in [9.17, 15) is 4.79 Å². The molecule has 0 bridgehead atoms. The normalized spacial score (nSPS) is 10.3. The van der Waals surface area contributed by atoms with Crippen LogP contribution in [0, 0.1) is 0 Å². The van der Waals surface area contributed by atoms with Crippen molar-refractivity contribution >= 4 is 28.9 Å². The van der Waals surface area contributed by atoms with E-state index in [2.05, 4.69) is 0 Å². The van der Waals surface area contributed by atoms with Crippen molar-refractivity contribution in [1.29, 1.82) is 0 Å². The summed E-state index contributed by atoms with van der Waals surface area (Å²) in [6.07, 6.45) is 0.00201. The molecule has 5 heteroatoms. The van der Waals surface area contributed by atoms with Crippen LogP contribution in [-0.4, -0.2) is 11.1 Å². The Labute approximate surface area is 114 Å². The first-order valence-corrected chi connectivity index (χ1v) is 6.50. The fourth-order valence-electron chi connectivity index (χ4n) is 1.50. The number of carboxylic acids is 1. The summed E-state index contributed by atoms with van der Waals surface area (Å²) in [4.78, 5) is 11.6. The molecule has 0 spiro atoms. The SMILES string of the molecule is O=C(O)Cc1cccc(OCc2ccc(Cl)s2)c1. The van der Waals surface area contributed by atoms with Crippen molar-refractivity contribution in [1.82, 2.24) is 0 Å². The van der Waals surface area contributed by atoms with E-state index in [4.69, 9.17) is 21.4 Å². The summed E-state index contributed by atoms with van der Waals surface area (Å²) in [5.41, 5.74) is 0.726. The van der Waals surface area contributed by atoms with E-state index in [0.29, 0.717) is 12.4 Å². The van der Waals surface area contributed by atoms with Gasteiger partial charge in [0.05, 0.1) is 10.8 Å². The minimum atomic E-state index is -0.850. The molecule has 3 nitrogen and oxygen atoms in total. The van der Waals surface area contributed by atoms with E-state index in [0.717, 1.165) is 14.8 Å². The molecule has 2 aromatic rings. The molecule has 18 heavy (non-hydrogen) atoms. The second kappa shape index (κ2) is 5.89. The minimum Gasteiger partial charge on any atom is -0.488 e. The van der Waals surface area contributed by atoms with Gasteiger partial charge in [-0.3, -0.25) is 4.79 Å². The summed E-state index contributed by atoms with van der Waals surface area (Å²) in [6.45, 7) is 0.438. The van der Waals surface area contributed by atoms with E-state index >= 15 is 0 Å². The summed E-state index contributed by atoms with van der Waals surface area (Å²) in [5.74, 6) is -0.185. The minimum absolute atomic E-state index is 0.00201. The smallest absolute Gasteiger partial charge is 0.307 e. The molecule has 0 unspecified atom stereocenters. The standard InChI is InChI=1S/C13H11ClO3S/c14-12-5-4-11(18-12)8-17-10-3-1-2-9(6-10)7-13(15)16/h1-6H,7-8H2,(H,15,16). The Hall–Kier alpha value is -1.52. The number of aliphatic carboxylic acids is 1. The van der Waals surface area contributed by atoms with E-state index in [1.807, 2.05) is 12.1 Å². The molecule has 0 amide bonds. The first kappa shape index (κ1) is 12.9. The number of carboxylic acid groups (broad SMARTS) is 1. The topological polar surface area (TPSA) is 46.5 Å². The van der Waals surface area contributed by atoms with Crippen LogP contribution in [0.2, 0.25) is 4.34 Å². The van der Waals surface area contributed by atoms with Gasteiger partial charge in [-0.15, -0.1) is 11.3 Å². The number of benzene rings is 1. The number of halogens is 1. The van der Waals surface area contributed by atoms with E-state index in [1.54, 1.807) is 24.3 Å². The average molecular weight is 283 g/mol. The van der Waals surface area contributed by atoms with Crippen LogP contribution >= 0.6 is 22.9 Å². The lowest BCUT2D eigenvalue weighted by Crippen LogP contribution is -2.00. The van der Waals surface area contributed by atoms with E-state index < -0.39 is 5.97 Å². The maximum atomic E-state index is 10.6. The van der Waals surface area contributed by atoms with Crippen LogP contribution in [0.3, 0.4) is 0 Å². The lowest BCUT2D eigenvalue weighted by Gasteiger charge is -2.06. The highest BCUT2D eigenvalue weighted by Gasteiger charge is 2.03. The Kier molecular flexibility index (Phi) is 4.23. The average Bonchev–Trinajstić information content (AvgIpc) is 2.72. The van der Waals surface area contributed by atoms with Gasteiger partial charge in [-0.25, -0.2) is 0 Å². The molecular weight excluding hydrogens is 272 g/mol. The first-order valence-electron chi connectivity index (χ1n) is 5.31. The van der Waals surface area contributed by atoms with Crippen LogP contribution in [0.25, 0.3) is 0 Å². The molecular formula is C13H11ClO3S. The molecule has 1 N–H and O–H groups in total. The monoisotopic (exact) mass is 282 g/mol. The summed E-state index contributed by atoms with van der Waals surface area (Å²) in [7, 11) is 0. The zero-order valence-corrected chi connectivity index (χ0v) is 11.0. The number of thiophene rings is 1. The summed E-state index contributed by atoms with van der Waals surface area (Å²) in [5, 5.41) is 8.71. The van der Waals surface area contributed by atoms with Gasteiger partial charge in [0.15, 0.2) is 0 Å². The molecule has 0 saturated carbocycles. The van der Waals surface area contributed by atoms with Gasteiger partial charge < -0.3 is 9.84 Å². The third-order valence-corrected chi connectivity index (χ3v) is 3.47. The third kappa shape index (κ3) is 3.75. The Bertz CT molecular complexity index is 551. The lowest BCUT2D eigenvalue weighted by atomic mass is 10.1. The number of hydrogen-bond donors (Lipinski definition) is 1. The highest BCUT2D eigenvalue weighted by molar-refractivity contribution is 7.16. The zero-order chi connectivity index (χ0) is 13.0. The molecule has 0 saturated heterocycles. The second-order valence-electron chi connectivity index (χ2n) is 3.71. The molecule has 0 aliphatic carbocycles. The van der Waals surface area contributed by atoms with Crippen molar-refractivity contribution in [2.75, 3.05) is 0 Å². The molecule has 0 aliphatic rings. The lowest BCUT2D eigenvalue weighted by molar-refractivity contribution is -0.136. The number of carbonyl (C=O) groups is 1. The largest absolute Gasteiger partial charge is 0.488 e. The molecule has 2 rings (SSSR count). The fourth-order valence-corrected chi connectivity index (χ4v) is 2.50. The van der Waals surface area contributed by atoms with Gasteiger partial charge in [0, 0.05) is 4.88 Å². The predicted octanol–water partition coefficient (Wildman–Crippen LogP) is 3.61. The Morgan fingerprint density at radius 3 is 2.83 bits per heavy atom. The van der Waals surface area contributed by atoms with Crippen LogP contribution in [0.4, 0.5) is 0 Å². The van der Waals surface area contributed by atoms with Crippen LogP contribution in [0.1, 0.15) is 10.4 Å². The summed E-state index contributed by atoms with van der Waals surface area (Å²) < 4.78 is 6.32. The Morgan fingerprint density at radius 2 is 2.17 bits per heavy atom. The van der Waals surface area contributed by atoms with Gasteiger partial charge in [0.2, 0.25) is 0 Å². The van der Waals surface area contributed by atoms with Gasteiger partial charge in [-0.05, 0) is 29.8 Å². The van der Waals surface area contributed by atoms with Crippen LogP contribution in [0.15, 0.2) is 36.4 Å². The number of rotatable bonds is 5. The molecule has 0 aliphatic heterocycles. The Morgan fingerprint density at radius 1 is 1.33 bits per heavy atom. The van der Waals surface area contributed by atoms with Crippen molar-refractivity contribution in [3.8, 4) is 5.75 Å². The maximum Gasteiger partial charge on any atom is 0.307 e. The number of hydrogen-bond acceptors (Lipinski definition) is 3. The molecule has 0 fully saturated rings. The molecule has 0 radical (unpaired) electrons. The molecule has 94 valence electrons. The van der Waals surface area contributed by atoms with Crippen LogP contribution in [0.5, 0.6) is 5.75 Å². The summed E-state index contributed by atoms with van der Waals surface area (Å²) in [6, 6.07) is 10.8. The highest BCUT2D eigenvalue weighted by atomic mass is 35.5. The van der Waals surface area contributed by atoms with Crippen molar-refractivity contribution in [3.63, 3.8) is 0 Å². The van der Waals surface area contributed by atoms with Gasteiger partial charge in [0.1, 0.15) is 12.4 Å². The molecule has 1 aromatic heterocycles. The van der Waals surface area contributed by atoms with Crippen molar-refractivity contribution < 1.29 is 14.6 Å². The van der Waals surface area contributed by atoms with Crippen molar-refractivity contribution in [2.24, 2.45) is 0 Å². The van der Waals surface area contributed by atoms with Crippen molar-refractivity contribution in [2.45, 2.75) is 13.0 Å². The zero-order valence-electron chi connectivity index (χ0n) is 9.43. The van der Waals surface area contributed by atoms with Gasteiger partial charge in [-0.1, -0.05) is 23.7 Å². The van der Waals surface area contributed by atoms with Crippen LogP contribution < -0.4 is 4.74 Å². The van der Waals surface area contributed by atoms with Gasteiger partial charge >= 0.3 is 5.97 Å². The quantitative estimate of drug-likeness (QED) is 0.911. The maximum absolute atomic E-state index is 10.6. The van der Waals surface area contributed by atoms with E-state index in [-0.39, 0.29) is 6.42 Å². The summed E-state index contributed by atoms with van der Waals surface area (Å²) >= 11 is 7.29.